The lowest BCUT2D eigenvalue weighted by atomic mass is 10.1. The van der Waals surface area contributed by atoms with Crippen LogP contribution in [0, 0.1) is 6.92 Å². The van der Waals surface area contributed by atoms with Gasteiger partial charge >= 0.3 is 0 Å². The van der Waals surface area contributed by atoms with Gasteiger partial charge in [0, 0.05) is 26.3 Å². The molecule has 7 heteroatoms. The normalized spacial score (nSPS) is 11.2. The Balaban J connectivity index is 1.77. The van der Waals surface area contributed by atoms with Gasteiger partial charge in [0.1, 0.15) is 4.83 Å². The Morgan fingerprint density at radius 2 is 2.04 bits per heavy atom. The van der Waals surface area contributed by atoms with E-state index >= 15 is 0 Å². The Morgan fingerprint density at radius 3 is 2.77 bits per heavy atom. The summed E-state index contributed by atoms with van der Waals surface area (Å²) in [5.74, 6) is -0.220. The van der Waals surface area contributed by atoms with Gasteiger partial charge in [-0.1, -0.05) is 23.7 Å². The summed E-state index contributed by atoms with van der Waals surface area (Å²) >= 11 is 9.16. The maximum Gasteiger partial charge on any atom is 0.263 e. The lowest BCUT2D eigenvalue weighted by Gasteiger charge is -2.06. The smallest absolute Gasteiger partial charge is 0.263 e. The van der Waals surface area contributed by atoms with Crippen molar-refractivity contribution in [1.82, 2.24) is 9.55 Å². The van der Waals surface area contributed by atoms with E-state index in [4.69, 9.17) is 11.6 Å². The molecule has 0 aliphatic carbocycles. The summed E-state index contributed by atoms with van der Waals surface area (Å²) in [6, 6.07) is 10.9. The van der Waals surface area contributed by atoms with Crippen LogP contribution < -0.4 is 5.56 Å². The molecule has 130 valence electrons. The Morgan fingerprint density at radius 1 is 1.23 bits per heavy atom. The van der Waals surface area contributed by atoms with Crippen molar-refractivity contribution in [2.75, 3.05) is 0 Å². The third-order valence-electron chi connectivity index (χ3n) is 4.05. The van der Waals surface area contributed by atoms with Crippen molar-refractivity contribution in [3.05, 3.63) is 73.9 Å². The van der Waals surface area contributed by atoms with Gasteiger partial charge in [0.2, 0.25) is 0 Å². The van der Waals surface area contributed by atoms with E-state index in [1.807, 2.05) is 24.4 Å². The number of thiophene rings is 2. The summed E-state index contributed by atoms with van der Waals surface area (Å²) in [6.07, 6.45) is 1.43. The fraction of sp³-hybridized carbons (Fsp3) is 0.105. The zero-order valence-corrected chi connectivity index (χ0v) is 16.1. The predicted octanol–water partition coefficient (Wildman–Crippen LogP) is 5.03. The number of fused-ring (bicyclic) bond motifs is 1. The fourth-order valence-corrected chi connectivity index (χ4v) is 4.87. The molecule has 3 heterocycles. The molecule has 4 nitrogen and oxygen atoms in total. The average Bonchev–Trinajstić information content (AvgIpc) is 3.24. The molecule has 0 aliphatic rings. The van der Waals surface area contributed by atoms with Crippen LogP contribution in [0.15, 0.2) is 52.9 Å². The van der Waals surface area contributed by atoms with E-state index in [0.29, 0.717) is 20.8 Å². The SMILES string of the molecule is Cc1ccc(-c2csc3ncn(CC(=O)c4ccccc4Cl)c(=O)c23)s1. The number of ketones is 1. The van der Waals surface area contributed by atoms with Crippen LogP contribution >= 0.6 is 34.3 Å². The first-order valence-electron chi connectivity index (χ1n) is 7.86. The van der Waals surface area contributed by atoms with Crippen molar-refractivity contribution in [1.29, 1.82) is 0 Å². The van der Waals surface area contributed by atoms with Crippen molar-refractivity contribution >= 4 is 50.3 Å². The highest BCUT2D eigenvalue weighted by Gasteiger charge is 2.17. The van der Waals surface area contributed by atoms with Gasteiger partial charge in [0.15, 0.2) is 5.78 Å². The van der Waals surface area contributed by atoms with Gasteiger partial charge < -0.3 is 0 Å². The molecule has 0 bridgehead atoms. The average molecular weight is 401 g/mol. The Hall–Kier alpha value is -2.28. The van der Waals surface area contributed by atoms with Gasteiger partial charge in [0.25, 0.3) is 5.56 Å². The van der Waals surface area contributed by atoms with Crippen LogP contribution in [0.5, 0.6) is 0 Å². The second-order valence-electron chi connectivity index (χ2n) is 5.82. The van der Waals surface area contributed by atoms with Crippen molar-refractivity contribution < 1.29 is 4.79 Å². The van der Waals surface area contributed by atoms with Gasteiger partial charge in [-0.25, -0.2) is 4.98 Å². The van der Waals surface area contributed by atoms with Crippen LogP contribution in [0.25, 0.3) is 20.7 Å². The highest BCUT2D eigenvalue weighted by Crippen LogP contribution is 2.34. The number of benzene rings is 1. The molecule has 0 amide bonds. The molecule has 1 aromatic carbocycles. The van der Waals surface area contributed by atoms with Crippen molar-refractivity contribution in [3.8, 4) is 10.4 Å². The van der Waals surface area contributed by atoms with Crippen molar-refractivity contribution in [2.24, 2.45) is 0 Å². The number of rotatable bonds is 4. The minimum Gasteiger partial charge on any atom is -0.292 e. The first-order valence-corrected chi connectivity index (χ1v) is 9.93. The number of nitrogens with zero attached hydrogens (tertiary/aromatic N) is 2. The predicted molar refractivity (Wildman–Crippen MR) is 108 cm³/mol. The summed E-state index contributed by atoms with van der Waals surface area (Å²) in [5.41, 5.74) is 1.07. The van der Waals surface area contributed by atoms with Gasteiger partial charge in [0.05, 0.1) is 23.3 Å². The summed E-state index contributed by atoms with van der Waals surface area (Å²) in [7, 11) is 0. The van der Waals surface area contributed by atoms with Gasteiger partial charge in [-0.05, 0) is 31.2 Å². The number of hydrogen-bond acceptors (Lipinski definition) is 5. The third-order valence-corrected chi connectivity index (χ3v) is 6.30. The zero-order chi connectivity index (χ0) is 18.3. The van der Waals surface area contributed by atoms with Gasteiger partial charge in [-0.15, -0.1) is 22.7 Å². The maximum atomic E-state index is 13.0. The Kier molecular flexibility index (Phi) is 4.48. The van der Waals surface area contributed by atoms with Crippen LogP contribution in [0.3, 0.4) is 0 Å². The molecular weight excluding hydrogens is 388 g/mol. The maximum absolute atomic E-state index is 13.0. The quantitative estimate of drug-likeness (QED) is 0.451. The molecule has 0 atom stereocenters. The number of aryl methyl sites for hydroxylation is 1. The molecule has 4 aromatic rings. The number of carbonyl (C=O) groups is 1. The number of carbonyl (C=O) groups excluding carboxylic acids is 1. The zero-order valence-electron chi connectivity index (χ0n) is 13.7. The topological polar surface area (TPSA) is 52.0 Å². The standard InChI is InChI=1S/C19H13ClN2O2S2/c1-11-6-7-16(26-11)13-9-25-18-17(13)19(24)22(10-21-18)8-15(23)12-4-2-3-5-14(12)20/h2-7,9-10H,8H2,1H3. The lowest BCUT2D eigenvalue weighted by Crippen LogP contribution is -2.24. The molecule has 0 spiro atoms. The van der Waals surface area contributed by atoms with E-state index < -0.39 is 0 Å². The van der Waals surface area contributed by atoms with Crippen LogP contribution in [0.2, 0.25) is 5.02 Å². The summed E-state index contributed by atoms with van der Waals surface area (Å²) in [5, 5.41) is 2.89. The minimum absolute atomic E-state index is 0.0930. The fourth-order valence-electron chi connectivity index (χ4n) is 2.77. The van der Waals surface area contributed by atoms with E-state index in [0.717, 1.165) is 10.4 Å². The molecule has 0 saturated carbocycles. The molecule has 0 fully saturated rings. The van der Waals surface area contributed by atoms with E-state index in [1.54, 1.807) is 35.6 Å². The van der Waals surface area contributed by atoms with E-state index in [1.165, 1.54) is 27.1 Å². The molecule has 26 heavy (non-hydrogen) atoms. The second-order valence-corrected chi connectivity index (χ2v) is 8.37. The van der Waals surface area contributed by atoms with Crippen LogP contribution in [-0.2, 0) is 6.54 Å². The monoisotopic (exact) mass is 400 g/mol. The molecule has 0 radical (unpaired) electrons. The van der Waals surface area contributed by atoms with Gasteiger partial charge in [-0.2, -0.15) is 0 Å². The number of halogens is 1. The Bertz CT molecular complexity index is 1190. The van der Waals surface area contributed by atoms with E-state index in [-0.39, 0.29) is 17.9 Å². The second kappa shape index (κ2) is 6.79. The molecule has 0 N–H and O–H groups in total. The van der Waals surface area contributed by atoms with E-state index in [9.17, 15) is 9.59 Å². The first-order chi connectivity index (χ1) is 12.5. The van der Waals surface area contributed by atoms with Crippen LogP contribution in [0.1, 0.15) is 15.2 Å². The minimum atomic E-state index is -0.220. The Labute approximate surface area is 162 Å². The summed E-state index contributed by atoms with van der Waals surface area (Å²) in [4.78, 5) is 32.8. The molecule has 3 aromatic heterocycles. The van der Waals surface area contributed by atoms with Crippen molar-refractivity contribution in [2.45, 2.75) is 13.5 Å². The molecule has 0 aliphatic heterocycles. The van der Waals surface area contributed by atoms with E-state index in [2.05, 4.69) is 4.98 Å². The van der Waals surface area contributed by atoms with Gasteiger partial charge in [-0.3, -0.25) is 14.2 Å². The first kappa shape index (κ1) is 17.1. The summed E-state index contributed by atoms with van der Waals surface area (Å²) < 4.78 is 1.35. The summed E-state index contributed by atoms with van der Waals surface area (Å²) in [6.45, 7) is 1.94. The molecule has 4 rings (SSSR count). The third kappa shape index (κ3) is 3.00. The van der Waals surface area contributed by atoms with Crippen molar-refractivity contribution in [3.63, 3.8) is 0 Å². The molecule has 0 unspecified atom stereocenters. The number of hydrogen-bond donors (Lipinski definition) is 0. The lowest BCUT2D eigenvalue weighted by molar-refractivity contribution is 0.0971. The number of Topliss-reactive ketones (excluding diaryl/α,β-unsaturated/α-hetero) is 1. The highest BCUT2D eigenvalue weighted by atomic mass is 35.5. The molecular formula is C19H13ClN2O2S2. The number of aromatic nitrogens is 2. The molecule has 0 saturated heterocycles. The highest BCUT2D eigenvalue weighted by molar-refractivity contribution is 7.19. The van der Waals surface area contributed by atoms with Crippen LogP contribution in [-0.4, -0.2) is 15.3 Å². The van der Waals surface area contributed by atoms with Crippen LogP contribution in [0.4, 0.5) is 0 Å². The largest absolute Gasteiger partial charge is 0.292 e.